The smallest absolute Gasteiger partial charge is 1.00 e. The van der Waals surface area contributed by atoms with Crippen molar-refractivity contribution in [3.8, 4) is 0 Å². The molecule has 0 heterocycles. The Labute approximate surface area is 149 Å². The first-order valence-electron chi connectivity index (χ1n) is 6.33. The topological polar surface area (TPSA) is 9.23 Å². The molecule has 1 aliphatic carbocycles. The normalized spacial score (nSPS) is 13.6. The van der Waals surface area contributed by atoms with Crippen LogP contribution in [0.4, 0.5) is 0 Å². The van der Waals surface area contributed by atoms with E-state index in [1.807, 2.05) is 6.07 Å². The molecule has 0 saturated heterocycles. The number of allylic oxidation sites excluding steroid dienone is 3. The molecule has 0 amide bonds. The molecule has 0 aliphatic heterocycles. The van der Waals surface area contributed by atoms with Crippen LogP contribution >= 0.6 is 0 Å². The molecule has 0 saturated carbocycles. The van der Waals surface area contributed by atoms with Crippen molar-refractivity contribution in [3.63, 3.8) is 0 Å². The average molecular weight is 346 g/mol. The maximum Gasteiger partial charge on any atom is 3.00 e. The summed E-state index contributed by atoms with van der Waals surface area (Å²) >= 11 is 0. The van der Waals surface area contributed by atoms with E-state index in [1.165, 1.54) is 11.1 Å². The minimum Gasteiger partial charge on any atom is -1.00 e. The van der Waals surface area contributed by atoms with Gasteiger partial charge in [-0.25, -0.2) is 11.6 Å². The van der Waals surface area contributed by atoms with Gasteiger partial charge in [0.2, 0.25) is 0 Å². The second-order valence-corrected chi connectivity index (χ2v) is 4.28. The van der Waals surface area contributed by atoms with E-state index in [0.717, 1.165) is 25.9 Å². The van der Waals surface area contributed by atoms with Crippen molar-refractivity contribution < 1.29 is 51.3 Å². The van der Waals surface area contributed by atoms with Crippen LogP contribution in [0.15, 0.2) is 48.1 Å². The van der Waals surface area contributed by atoms with E-state index < -0.39 is 0 Å². The van der Waals surface area contributed by atoms with Gasteiger partial charge in [0.05, 0.1) is 6.10 Å². The predicted molar refractivity (Wildman–Crippen MR) is 70.6 cm³/mol. The summed E-state index contributed by atoms with van der Waals surface area (Å²) in [5, 5.41) is 0. The largest absolute Gasteiger partial charge is 3.00 e. The van der Waals surface area contributed by atoms with Gasteiger partial charge in [0, 0.05) is 6.61 Å². The maximum absolute atomic E-state index is 5.94. The van der Waals surface area contributed by atoms with Crippen LogP contribution in [0, 0.1) is 6.08 Å². The van der Waals surface area contributed by atoms with Crippen molar-refractivity contribution in [2.24, 2.45) is 0 Å². The van der Waals surface area contributed by atoms with Crippen LogP contribution in [0.2, 0.25) is 0 Å². The third-order valence-corrected chi connectivity index (χ3v) is 2.87. The molecule has 0 fully saturated rings. The molecule has 0 aromatic heterocycles. The number of hydrogen-bond donors (Lipinski definition) is 0. The summed E-state index contributed by atoms with van der Waals surface area (Å²) in [6.07, 6.45) is 10.8. The SMILES string of the molecule is CCCOC(CC1=[C-]CC=C1)c1ccccc1.[Cl-].[Cl-].[Ti+3]. The third kappa shape index (κ3) is 7.10. The molecule has 1 radical (unpaired) electrons. The summed E-state index contributed by atoms with van der Waals surface area (Å²) in [5.74, 6) is 0. The minimum absolute atomic E-state index is 0. The van der Waals surface area contributed by atoms with E-state index in [0.29, 0.717) is 0 Å². The monoisotopic (exact) mass is 345 g/mol. The number of ether oxygens (including phenoxy) is 1. The predicted octanol–water partition coefficient (Wildman–Crippen LogP) is -1.76. The van der Waals surface area contributed by atoms with Gasteiger partial charge in [-0.15, -0.1) is 6.42 Å². The van der Waals surface area contributed by atoms with Gasteiger partial charge in [0.1, 0.15) is 0 Å². The summed E-state index contributed by atoms with van der Waals surface area (Å²) in [5.41, 5.74) is 2.53. The molecular formula is C16H19Cl2OTi. The van der Waals surface area contributed by atoms with Crippen molar-refractivity contribution in [2.75, 3.05) is 6.61 Å². The fourth-order valence-corrected chi connectivity index (χ4v) is 1.99. The Morgan fingerprint density at radius 1 is 1.20 bits per heavy atom. The summed E-state index contributed by atoms with van der Waals surface area (Å²) in [4.78, 5) is 0. The van der Waals surface area contributed by atoms with Crippen LogP contribution < -0.4 is 24.8 Å². The van der Waals surface area contributed by atoms with Crippen LogP contribution in [0.1, 0.15) is 37.9 Å². The molecule has 1 nitrogen and oxygen atoms in total. The Kier molecular flexibility index (Phi) is 14.1. The zero-order valence-electron chi connectivity index (χ0n) is 11.6. The van der Waals surface area contributed by atoms with Crippen LogP contribution in [0.5, 0.6) is 0 Å². The molecule has 0 spiro atoms. The molecule has 1 aromatic carbocycles. The van der Waals surface area contributed by atoms with Crippen LogP contribution in [0.25, 0.3) is 0 Å². The second kappa shape index (κ2) is 12.7. The average Bonchev–Trinajstić information content (AvgIpc) is 2.88. The van der Waals surface area contributed by atoms with Crippen LogP contribution in [-0.4, -0.2) is 6.61 Å². The van der Waals surface area contributed by atoms with Gasteiger partial charge in [-0.2, -0.15) is 6.08 Å². The number of rotatable bonds is 6. The van der Waals surface area contributed by atoms with Crippen molar-refractivity contribution >= 4 is 0 Å². The van der Waals surface area contributed by atoms with Gasteiger partial charge in [-0.3, -0.25) is 6.08 Å². The number of benzene rings is 1. The van der Waals surface area contributed by atoms with Gasteiger partial charge in [-0.05, 0) is 18.4 Å². The molecule has 107 valence electrons. The molecular weight excluding hydrogens is 327 g/mol. The number of halogens is 2. The Morgan fingerprint density at radius 2 is 1.90 bits per heavy atom. The van der Waals surface area contributed by atoms with Gasteiger partial charge in [0.25, 0.3) is 0 Å². The maximum atomic E-state index is 5.94. The zero-order valence-corrected chi connectivity index (χ0v) is 14.7. The van der Waals surface area contributed by atoms with Crippen molar-refractivity contribution in [1.82, 2.24) is 0 Å². The first-order valence-corrected chi connectivity index (χ1v) is 6.33. The first-order chi connectivity index (χ1) is 8.40. The Bertz CT molecular complexity index is 404. The Balaban J connectivity index is 0. The fraction of sp³-hybridized carbons (Fsp3) is 0.375. The van der Waals surface area contributed by atoms with Gasteiger partial charge in [0.15, 0.2) is 0 Å². The Morgan fingerprint density at radius 3 is 2.45 bits per heavy atom. The molecule has 2 rings (SSSR count). The first kappa shape index (κ1) is 22.2. The molecule has 0 bridgehead atoms. The summed E-state index contributed by atoms with van der Waals surface area (Å²) in [7, 11) is 0. The van der Waals surface area contributed by atoms with Crippen LogP contribution in [-0.2, 0) is 26.5 Å². The van der Waals surface area contributed by atoms with E-state index in [-0.39, 0.29) is 52.6 Å². The Hall–Kier alpha value is -0.0457. The molecule has 1 aliphatic rings. The van der Waals surface area contributed by atoms with E-state index in [4.69, 9.17) is 4.74 Å². The minimum atomic E-state index is 0. The van der Waals surface area contributed by atoms with Crippen molar-refractivity contribution in [2.45, 2.75) is 32.3 Å². The van der Waals surface area contributed by atoms with Gasteiger partial charge in [-0.1, -0.05) is 37.3 Å². The molecule has 1 atom stereocenters. The van der Waals surface area contributed by atoms with E-state index in [9.17, 15) is 0 Å². The second-order valence-electron chi connectivity index (χ2n) is 4.28. The van der Waals surface area contributed by atoms with Crippen molar-refractivity contribution in [1.29, 1.82) is 0 Å². The zero-order chi connectivity index (χ0) is 11.9. The summed E-state index contributed by atoms with van der Waals surface area (Å²) < 4.78 is 5.94. The van der Waals surface area contributed by atoms with E-state index in [1.54, 1.807) is 0 Å². The quantitative estimate of drug-likeness (QED) is 0.438. The van der Waals surface area contributed by atoms with Crippen LogP contribution in [0.3, 0.4) is 0 Å². The fourth-order valence-electron chi connectivity index (χ4n) is 1.99. The molecule has 1 aromatic rings. The van der Waals surface area contributed by atoms with Gasteiger partial charge < -0.3 is 29.6 Å². The molecule has 4 heteroatoms. The molecule has 1 unspecified atom stereocenters. The molecule has 20 heavy (non-hydrogen) atoms. The van der Waals surface area contributed by atoms with Gasteiger partial charge >= 0.3 is 21.7 Å². The third-order valence-electron chi connectivity index (χ3n) is 2.87. The van der Waals surface area contributed by atoms with Crippen molar-refractivity contribution in [3.05, 3.63) is 59.7 Å². The summed E-state index contributed by atoms with van der Waals surface area (Å²) in [6.45, 7) is 2.96. The summed E-state index contributed by atoms with van der Waals surface area (Å²) in [6, 6.07) is 10.5. The standard InChI is InChI=1S/C16H19O.2ClH.Ti/c1-2-12-17-16(13-14-8-6-7-9-14)15-10-4-3-5-11-15;;;/h3-6,8,10-11,16H,2,7,12-13H2,1H3;2*1H;/q-1;;;+3/p-2. The molecule has 0 N–H and O–H groups in total. The van der Waals surface area contributed by atoms with E-state index >= 15 is 0 Å². The van der Waals surface area contributed by atoms with E-state index in [2.05, 4.69) is 49.4 Å². The number of hydrogen-bond acceptors (Lipinski definition) is 1.